The van der Waals surface area contributed by atoms with Crippen molar-refractivity contribution in [3.05, 3.63) is 36.5 Å². The molecule has 1 heterocycles. The molecule has 1 aliphatic heterocycles. The lowest BCUT2D eigenvalue weighted by Crippen LogP contribution is -2.59. The number of carbonyl (C=O) groups is 1. The molecule has 0 aromatic heterocycles. The second-order valence-corrected chi connectivity index (χ2v) is 9.02. The largest absolute Gasteiger partial charge is 0.463 e. The fraction of sp³-hybridized carbons (Fsp3) is 0.750. The first-order chi connectivity index (χ1) is 17.0. The maximum Gasteiger partial charge on any atom is 0.305 e. The summed E-state index contributed by atoms with van der Waals surface area (Å²) in [6, 6.07) is 0. The molecule has 3 N–H and O–H groups in total. The molecule has 0 aliphatic carbocycles. The third-order valence-corrected chi connectivity index (χ3v) is 5.89. The van der Waals surface area contributed by atoms with Crippen LogP contribution in [0, 0.1) is 0 Å². The second-order valence-electron chi connectivity index (χ2n) is 9.02. The van der Waals surface area contributed by atoms with E-state index in [1.165, 1.54) is 0 Å². The van der Waals surface area contributed by atoms with Gasteiger partial charge in [0.2, 0.25) is 0 Å². The summed E-state index contributed by atoms with van der Waals surface area (Å²) in [5, 5.41) is 30.2. The Bertz CT molecular complexity index is 616. The van der Waals surface area contributed by atoms with E-state index in [1.54, 1.807) is 0 Å². The summed E-state index contributed by atoms with van der Waals surface area (Å²) in [5.41, 5.74) is 0. The minimum atomic E-state index is -1.42. The highest BCUT2D eigenvalue weighted by Gasteiger charge is 2.44. The van der Waals surface area contributed by atoms with Crippen molar-refractivity contribution in [2.24, 2.45) is 0 Å². The van der Waals surface area contributed by atoms with Crippen LogP contribution in [0.15, 0.2) is 36.5 Å². The zero-order valence-electron chi connectivity index (χ0n) is 21.7. The molecule has 1 saturated heterocycles. The third kappa shape index (κ3) is 14.6. The summed E-state index contributed by atoms with van der Waals surface area (Å²) in [5.74, 6) is -0.356. The summed E-state index contributed by atoms with van der Waals surface area (Å²) >= 11 is 0. The van der Waals surface area contributed by atoms with Gasteiger partial charge in [0.1, 0.15) is 31.0 Å². The van der Waals surface area contributed by atoms with Gasteiger partial charge in [0.15, 0.2) is 6.29 Å². The number of hydrogen-bond acceptors (Lipinski definition) is 7. The van der Waals surface area contributed by atoms with E-state index in [4.69, 9.17) is 14.2 Å². The van der Waals surface area contributed by atoms with Gasteiger partial charge in [-0.25, -0.2) is 0 Å². The highest BCUT2D eigenvalue weighted by atomic mass is 16.7. The van der Waals surface area contributed by atoms with E-state index in [1.807, 2.05) is 6.92 Å². The van der Waals surface area contributed by atoms with Crippen LogP contribution < -0.4 is 0 Å². The number of aliphatic hydroxyl groups excluding tert-OH is 3. The average molecular weight is 497 g/mol. The van der Waals surface area contributed by atoms with Gasteiger partial charge in [-0.05, 0) is 44.9 Å². The van der Waals surface area contributed by atoms with Gasteiger partial charge in [-0.15, -0.1) is 0 Å². The molecule has 1 rings (SSSR count). The summed E-state index contributed by atoms with van der Waals surface area (Å²) in [7, 11) is 0. The maximum atomic E-state index is 12.0. The predicted octanol–water partition coefficient (Wildman–Crippen LogP) is 4.74. The van der Waals surface area contributed by atoms with Crippen molar-refractivity contribution < 1.29 is 34.3 Å². The highest BCUT2D eigenvalue weighted by molar-refractivity contribution is 5.69. The molecule has 5 atom stereocenters. The number of esters is 1. The van der Waals surface area contributed by atoms with Gasteiger partial charge in [0.05, 0.1) is 0 Å². The minimum Gasteiger partial charge on any atom is -0.463 e. The van der Waals surface area contributed by atoms with E-state index >= 15 is 0 Å². The molecule has 0 aromatic rings. The molecule has 35 heavy (non-hydrogen) atoms. The zero-order chi connectivity index (χ0) is 25.7. The number of carbonyl (C=O) groups excluding carboxylic acids is 1. The molecule has 202 valence electrons. The van der Waals surface area contributed by atoms with Crippen molar-refractivity contribution in [2.45, 2.75) is 122 Å². The Morgan fingerprint density at radius 2 is 1.46 bits per heavy atom. The second kappa shape index (κ2) is 20.7. The van der Waals surface area contributed by atoms with Crippen LogP contribution in [-0.4, -0.2) is 65.2 Å². The number of rotatable bonds is 19. The monoisotopic (exact) mass is 496 g/mol. The number of unbranched alkanes of at least 4 members (excludes halogenated alkanes) is 6. The fourth-order valence-corrected chi connectivity index (χ4v) is 3.67. The van der Waals surface area contributed by atoms with E-state index in [0.717, 1.165) is 70.6 Å². The number of aliphatic hydroxyl groups is 3. The summed E-state index contributed by atoms with van der Waals surface area (Å²) in [4.78, 5) is 12.0. The average Bonchev–Trinajstić information content (AvgIpc) is 2.85. The standard InChI is InChI=1S/C28H48O7/c1-3-5-7-8-9-10-11-12-13-14-15-16-17-18-19-20-24(29)34-22-23-25(30)26(31)27(32)28(35-23)33-21-6-4-2/h5,7,9-10,12-13,23,25-28,30-32H,3-4,6,8,11,14-22H2,1-2H3/b7-5-,10-9-,13-12-/t23-,25-,26+,27-,28?/m1/s1. The minimum absolute atomic E-state index is 0.186. The van der Waals surface area contributed by atoms with Gasteiger partial charge >= 0.3 is 5.97 Å². The van der Waals surface area contributed by atoms with Gasteiger partial charge in [0.25, 0.3) is 0 Å². The quantitative estimate of drug-likeness (QED) is 0.135. The Morgan fingerprint density at radius 1 is 0.800 bits per heavy atom. The van der Waals surface area contributed by atoms with Crippen LogP contribution in [0.1, 0.15) is 90.9 Å². The first-order valence-electron chi connectivity index (χ1n) is 13.4. The number of hydrogen-bond donors (Lipinski definition) is 3. The Kier molecular flexibility index (Phi) is 18.6. The molecule has 0 spiro atoms. The Labute approximate surface area is 211 Å². The van der Waals surface area contributed by atoms with E-state index in [0.29, 0.717) is 13.0 Å². The van der Waals surface area contributed by atoms with E-state index in [9.17, 15) is 20.1 Å². The Hall–Kier alpha value is -1.51. The first kappa shape index (κ1) is 31.5. The van der Waals surface area contributed by atoms with Gasteiger partial charge in [-0.1, -0.05) is 76.0 Å². The third-order valence-electron chi connectivity index (χ3n) is 5.89. The highest BCUT2D eigenvalue weighted by Crippen LogP contribution is 2.23. The zero-order valence-corrected chi connectivity index (χ0v) is 21.7. The van der Waals surface area contributed by atoms with Crippen LogP contribution in [0.5, 0.6) is 0 Å². The molecule has 1 unspecified atom stereocenters. The topological polar surface area (TPSA) is 105 Å². The van der Waals surface area contributed by atoms with Crippen LogP contribution in [0.25, 0.3) is 0 Å². The van der Waals surface area contributed by atoms with Crippen molar-refractivity contribution in [2.75, 3.05) is 13.2 Å². The SMILES string of the molecule is CC/C=C\C/C=C\C/C=C\CCCCCCCC(=O)OC[C@H]1OC(OCCCC)[C@H](O)[C@@H](O)[C@@H]1O. The molecule has 0 bridgehead atoms. The van der Waals surface area contributed by atoms with Crippen LogP contribution in [-0.2, 0) is 19.0 Å². The molecule has 0 amide bonds. The van der Waals surface area contributed by atoms with Crippen molar-refractivity contribution >= 4 is 5.97 Å². The van der Waals surface area contributed by atoms with Crippen molar-refractivity contribution in [1.82, 2.24) is 0 Å². The summed E-state index contributed by atoms with van der Waals surface area (Å²) in [6.45, 7) is 4.33. The smallest absolute Gasteiger partial charge is 0.305 e. The molecular formula is C28H48O7. The fourth-order valence-electron chi connectivity index (χ4n) is 3.67. The molecule has 0 aromatic carbocycles. The Morgan fingerprint density at radius 3 is 2.17 bits per heavy atom. The van der Waals surface area contributed by atoms with Crippen molar-refractivity contribution in [1.29, 1.82) is 0 Å². The summed E-state index contributed by atoms with van der Waals surface area (Å²) < 4.78 is 16.2. The molecule has 1 fully saturated rings. The van der Waals surface area contributed by atoms with Gasteiger partial charge in [-0.3, -0.25) is 4.79 Å². The van der Waals surface area contributed by atoms with Crippen LogP contribution in [0.2, 0.25) is 0 Å². The van der Waals surface area contributed by atoms with Crippen molar-refractivity contribution in [3.63, 3.8) is 0 Å². The van der Waals surface area contributed by atoms with Crippen molar-refractivity contribution in [3.8, 4) is 0 Å². The Balaban J connectivity index is 2.09. The first-order valence-corrected chi connectivity index (χ1v) is 13.4. The molecule has 7 nitrogen and oxygen atoms in total. The lowest BCUT2D eigenvalue weighted by atomic mass is 9.99. The molecular weight excluding hydrogens is 448 g/mol. The summed E-state index contributed by atoms with van der Waals surface area (Å²) in [6.07, 6.45) is 18.4. The molecule has 1 aliphatic rings. The number of allylic oxidation sites excluding steroid dienone is 6. The number of ether oxygens (including phenoxy) is 3. The van der Waals surface area contributed by atoms with Crippen LogP contribution in [0.4, 0.5) is 0 Å². The van der Waals surface area contributed by atoms with E-state index in [-0.39, 0.29) is 12.6 Å². The van der Waals surface area contributed by atoms with Crippen LogP contribution in [0.3, 0.4) is 0 Å². The van der Waals surface area contributed by atoms with E-state index in [2.05, 4.69) is 43.4 Å². The van der Waals surface area contributed by atoms with Gasteiger partial charge in [-0.2, -0.15) is 0 Å². The predicted molar refractivity (Wildman–Crippen MR) is 138 cm³/mol. The molecule has 7 heteroatoms. The van der Waals surface area contributed by atoms with Gasteiger partial charge in [0, 0.05) is 13.0 Å². The van der Waals surface area contributed by atoms with Gasteiger partial charge < -0.3 is 29.5 Å². The normalized spacial score (nSPS) is 25.2. The van der Waals surface area contributed by atoms with Crippen LogP contribution >= 0.6 is 0 Å². The van der Waals surface area contributed by atoms with E-state index < -0.39 is 30.7 Å². The lowest BCUT2D eigenvalue weighted by Gasteiger charge is -2.39. The lowest BCUT2D eigenvalue weighted by molar-refractivity contribution is -0.301. The molecule has 0 saturated carbocycles. The molecule has 0 radical (unpaired) electrons. The maximum absolute atomic E-state index is 12.0.